The quantitative estimate of drug-likeness (QED) is 0.102. The van der Waals surface area contributed by atoms with Crippen molar-refractivity contribution < 1.29 is 18.3 Å². The van der Waals surface area contributed by atoms with Crippen molar-refractivity contribution in [1.29, 1.82) is 0 Å². The summed E-state index contributed by atoms with van der Waals surface area (Å²) in [6.07, 6.45) is 9.24. The fourth-order valence-corrected chi connectivity index (χ4v) is 5.63. The minimum absolute atomic E-state index is 0.274. The first-order chi connectivity index (χ1) is 15.0. The van der Waals surface area contributed by atoms with Crippen LogP contribution < -0.4 is 4.74 Å². The molecule has 0 atom stereocenters. The fourth-order valence-electron chi connectivity index (χ4n) is 3.19. The van der Waals surface area contributed by atoms with Gasteiger partial charge in [0.15, 0.2) is 0 Å². The molecule has 0 fully saturated rings. The van der Waals surface area contributed by atoms with Gasteiger partial charge >= 0.3 is 7.60 Å². The van der Waals surface area contributed by atoms with Crippen molar-refractivity contribution in [3.63, 3.8) is 0 Å². The fraction of sp³-hybridized carbons (Fsp3) is 0.440. The third kappa shape index (κ3) is 9.90. The van der Waals surface area contributed by atoms with Crippen LogP contribution in [0.15, 0.2) is 42.5 Å². The summed E-state index contributed by atoms with van der Waals surface area (Å²) < 4.78 is 30.6. The first kappa shape index (κ1) is 26.1. The molecule has 2 rings (SSSR count). The smallest absolute Gasteiger partial charge is 0.335 e. The Bertz CT molecular complexity index is 854. The van der Waals surface area contributed by atoms with Crippen molar-refractivity contribution in [2.45, 2.75) is 52.6 Å². The molecule has 0 amide bonds. The topological polar surface area (TPSA) is 44.8 Å². The van der Waals surface area contributed by atoms with E-state index < -0.39 is 7.60 Å². The molecule has 0 heterocycles. The zero-order chi connectivity index (χ0) is 22.5. The minimum Gasteiger partial charge on any atom is -0.494 e. The molecule has 0 aliphatic carbocycles. The summed E-state index contributed by atoms with van der Waals surface area (Å²) in [5, 5.41) is 0. The van der Waals surface area contributed by atoms with Gasteiger partial charge in [-0.1, -0.05) is 56.5 Å². The van der Waals surface area contributed by atoms with Crippen LogP contribution in [0.5, 0.6) is 5.75 Å². The van der Waals surface area contributed by atoms with Crippen LogP contribution in [0.25, 0.3) is 12.2 Å². The largest absolute Gasteiger partial charge is 0.494 e. The standard InChI is InChI=1S/C25H34IO4P/c1-4-7-8-9-16-28-25-14-12-21(13-15-25)10-11-22-17-23(19-24(26)18-22)20-31(27,29-5-2)30-6-3/h10-15,17-19H,4-9,16,20H2,1-3H3/b11-10+. The Hall–Kier alpha value is -1.14. The molecule has 0 saturated heterocycles. The second kappa shape index (κ2) is 14.1. The molecule has 0 saturated carbocycles. The van der Waals surface area contributed by atoms with Gasteiger partial charge in [-0.2, -0.15) is 0 Å². The van der Waals surface area contributed by atoms with Crippen LogP contribution >= 0.6 is 30.2 Å². The molecular formula is C25H34IO4P. The van der Waals surface area contributed by atoms with Gasteiger partial charge in [-0.15, -0.1) is 0 Å². The average Bonchev–Trinajstić information content (AvgIpc) is 2.73. The molecule has 0 radical (unpaired) electrons. The van der Waals surface area contributed by atoms with Gasteiger partial charge in [0, 0.05) is 3.57 Å². The Morgan fingerprint density at radius 1 is 0.871 bits per heavy atom. The minimum atomic E-state index is -3.12. The molecule has 2 aromatic rings. The van der Waals surface area contributed by atoms with Gasteiger partial charge in [0.25, 0.3) is 0 Å². The van der Waals surface area contributed by atoms with Crippen LogP contribution in [0.4, 0.5) is 0 Å². The predicted molar refractivity (Wildman–Crippen MR) is 139 cm³/mol. The van der Waals surface area contributed by atoms with Crippen molar-refractivity contribution in [2.24, 2.45) is 0 Å². The number of hydrogen-bond donors (Lipinski definition) is 0. The molecule has 2 aromatic carbocycles. The lowest BCUT2D eigenvalue weighted by molar-refractivity contribution is 0.219. The summed E-state index contributed by atoms with van der Waals surface area (Å²) in [5.41, 5.74) is 3.11. The van der Waals surface area contributed by atoms with Gasteiger partial charge in [0.1, 0.15) is 5.75 Å². The summed E-state index contributed by atoms with van der Waals surface area (Å²) in [5.74, 6) is 0.910. The van der Waals surface area contributed by atoms with Crippen molar-refractivity contribution in [1.82, 2.24) is 0 Å². The predicted octanol–water partition coefficient (Wildman–Crippen LogP) is 8.19. The molecule has 31 heavy (non-hydrogen) atoms. The molecule has 0 aromatic heterocycles. The van der Waals surface area contributed by atoms with E-state index in [0.717, 1.165) is 39.0 Å². The van der Waals surface area contributed by atoms with E-state index in [4.69, 9.17) is 13.8 Å². The lowest BCUT2D eigenvalue weighted by Gasteiger charge is -2.17. The third-order valence-corrected chi connectivity index (χ3v) is 7.30. The number of halogens is 1. The van der Waals surface area contributed by atoms with Gasteiger partial charge in [-0.3, -0.25) is 4.57 Å². The molecule has 0 N–H and O–H groups in total. The Morgan fingerprint density at radius 2 is 1.55 bits per heavy atom. The maximum absolute atomic E-state index is 12.9. The monoisotopic (exact) mass is 556 g/mol. The number of rotatable bonds is 14. The highest BCUT2D eigenvalue weighted by atomic mass is 127. The number of unbranched alkanes of at least 4 members (excludes halogenated alkanes) is 3. The van der Waals surface area contributed by atoms with Crippen LogP contribution in [-0.2, 0) is 19.8 Å². The molecule has 0 aliphatic rings. The van der Waals surface area contributed by atoms with E-state index in [1.54, 1.807) is 0 Å². The lowest BCUT2D eigenvalue weighted by atomic mass is 10.1. The average molecular weight is 556 g/mol. The zero-order valence-corrected chi connectivity index (χ0v) is 21.9. The highest BCUT2D eigenvalue weighted by Gasteiger charge is 2.24. The van der Waals surface area contributed by atoms with Gasteiger partial charge in [0.05, 0.1) is 26.0 Å². The van der Waals surface area contributed by atoms with Crippen LogP contribution in [0.1, 0.15) is 63.1 Å². The highest BCUT2D eigenvalue weighted by Crippen LogP contribution is 2.51. The van der Waals surface area contributed by atoms with Crippen molar-refractivity contribution in [3.05, 3.63) is 62.7 Å². The van der Waals surface area contributed by atoms with Crippen LogP contribution in [0.3, 0.4) is 0 Å². The normalized spacial score (nSPS) is 11.9. The summed E-state index contributed by atoms with van der Waals surface area (Å²) in [6.45, 7) is 7.38. The molecule has 0 bridgehead atoms. The van der Waals surface area contributed by atoms with E-state index in [2.05, 4.69) is 59.9 Å². The second-order valence-corrected chi connectivity index (χ2v) is 10.6. The maximum Gasteiger partial charge on any atom is 0.335 e. The molecule has 0 aliphatic heterocycles. The summed E-state index contributed by atoms with van der Waals surface area (Å²) >= 11 is 2.28. The molecule has 170 valence electrons. The number of hydrogen-bond acceptors (Lipinski definition) is 4. The van der Waals surface area contributed by atoms with Gasteiger partial charge in [-0.25, -0.2) is 0 Å². The van der Waals surface area contributed by atoms with Crippen LogP contribution in [0, 0.1) is 3.57 Å². The van der Waals surface area contributed by atoms with Crippen LogP contribution in [-0.4, -0.2) is 19.8 Å². The number of benzene rings is 2. The summed E-state index contributed by atoms with van der Waals surface area (Å²) in [6, 6.07) is 14.3. The molecular weight excluding hydrogens is 522 g/mol. The third-order valence-electron chi connectivity index (χ3n) is 4.62. The van der Waals surface area contributed by atoms with Crippen molar-refractivity contribution >= 4 is 42.3 Å². The van der Waals surface area contributed by atoms with E-state index in [1.165, 1.54) is 19.3 Å². The van der Waals surface area contributed by atoms with E-state index in [0.29, 0.717) is 13.2 Å². The van der Waals surface area contributed by atoms with E-state index in [-0.39, 0.29) is 6.16 Å². The molecule has 6 heteroatoms. The van der Waals surface area contributed by atoms with Gasteiger partial charge in [0.2, 0.25) is 0 Å². The van der Waals surface area contributed by atoms with Crippen LogP contribution in [0.2, 0.25) is 0 Å². The van der Waals surface area contributed by atoms with Gasteiger partial charge < -0.3 is 13.8 Å². The summed E-state index contributed by atoms with van der Waals surface area (Å²) in [4.78, 5) is 0. The maximum atomic E-state index is 12.9. The Balaban J connectivity index is 2.01. The highest BCUT2D eigenvalue weighted by molar-refractivity contribution is 14.1. The second-order valence-electron chi connectivity index (χ2n) is 7.31. The van der Waals surface area contributed by atoms with Crippen molar-refractivity contribution in [3.8, 4) is 5.75 Å². The van der Waals surface area contributed by atoms with E-state index in [1.807, 2.05) is 38.1 Å². The van der Waals surface area contributed by atoms with E-state index in [9.17, 15) is 4.57 Å². The Labute approximate surface area is 201 Å². The zero-order valence-electron chi connectivity index (χ0n) is 18.8. The van der Waals surface area contributed by atoms with Gasteiger partial charge in [-0.05, 0) is 83.8 Å². The first-order valence-corrected chi connectivity index (χ1v) is 13.9. The molecule has 0 unspecified atom stereocenters. The Kier molecular flexibility index (Phi) is 11.9. The first-order valence-electron chi connectivity index (χ1n) is 11.1. The SMILES string of the molecule is CCCCCCOc1ccc(/C=C/c2cc(I)cc(CP(=O)(OCC)OCC)c2)cc1. The summed E-state index contributed by atoms with van der Waals surface area (Å²) in [7, 11) is -3.12. The molecule has 4 nitrogen and oxygen atoms in total. The lowest BCUT2D eigenvalue weighted by Crippen LogP contribution is -1.99. The molecule has 0 spiro atoms. The van der Waals surface area contributed by atoms with Crippen molar-refractivity contribution in [2.75, 3.05) is 19.8 Å². The van der Waals surface area contributed by atoms with E-state index >= 15 is 0 Å². The Morgan fingerprint density at radius 3 is 2.19 bits per heavy atom. The number of ether oxygens (including phenoxy) is 1.